The monoisotopic (exact) mass is 269 g/mol. The summed E-state index contributed by atoms with van der Waals surface area (Å²) in [6.07, 6.45) is 0.934. The first-order chi connectivity index (χ1) is 9.63. The van der Waals surface area contributed by atoms with E-state index >= 15 is 0 Å². The molecule has 3 nitrogen and oxygen atoms in total. The van der Waals surface area contributed by atoms with Crippen LogP contribution in [0.2, 0.25) is 0 Å². The molecular weight excluding hydrogens is 250 g/mol. The molecule has 0 aliphatic carbocycles. The Labute approximate surface area is 119 Å². The molecule has 0 bridgehead atoms. The third-order valence-electron chi connectivity index (χ3n) is 4.15. The van der Waals surface area contributed by atoms with E-state index in [1.807, 2.05) is 24.3 Å². The molecule has 2 aromatic rings. The van der Waals surface area contributed by atoms with E-state index in [0.717, 1.165) is 18.7 Å². The number of phenolic OH excluding ortho intramolecular Hbond substituents is 1. The summed E-state index contributed by atoms with van der Waals surface area (Å²) in [7, 11) is 1.68. The minimum atomic E-state index is -0.254. The number of ether oxygens (including phenoxy) is 1. The molecule has 1 aliphatic rings. The summed E-state index contributed by atoms with van der Waals surface area (Å²) in [5.41, 5.74) is 3.34. The van der Waals surface area contributed by atoms with Gasteiger partial charge in [-0.25, -0.2) is 0 Å². The number of rotatable bonds is 2. The van der Waals surface area contributed by atoms with Crippen LogP contribution in [-0.2, 0) is 12.0 Å². The summed E-state index contributed by atoms with van der Waals surface area (Å²) in [6, 6.07) is 13.8. The van der Waals surface area contributed by atoms with Gasteiger partial charge < -0.3 is 15.2 Å². The van der Waals surface area contributed by atoms with Crippen LogP contribution >= 0.6 is 0 Å². The van der Waals surface area contributed by atoms with Crippen LogP contribution in [0.3, 0.4) is 0 Å². The molecular formula is C17H19NO2. The molecule has 20 heavy (non-hydrogen) atoms. The van der Waals surface area contributed by atoms with Gasteiger partial charge in [0.15, 0.2) is 0 Å². The second kappa shape index (κ2) is 4.84. The molecule has 0 amide bonds. The highest BCUT2D eigenvalue weighted by molar-refractivity contribution is 5.48. The van der Waals surface area contributed by atoms with Crippen molar-refractivity contribution in [1.29, 1.82) is 0 Å². The quantitative estimate of drug-likeness (QED) is 0.881. The lowest BCUT2D eigenvalue weighted by molar-refractivity contribution is 0.397. The number of phenols is 1. The zero-order valence-corrected chi connectivity index (χ0v) is 11.8. The third-order valence-corrected chi connectivity index (χ3v) is 4.15. The Hall–Kier alpha value is -2.00. The second-order valence-electron chi connectivity index (χ2n) is 5.38. The van der Waals surface area contributed by atoms with Gasteiger partial charge in [-0.15, -0.1) is 0 Å². The number of methoxy groups -OCH3 is 1. The zero-order valence-electron chi connectivity index (χ0n) is 11.8. The standard InChI is InChI=1S/C17H19NO2/c1-17(13-4-3-5-15(11-13)20-2)16-7-6-14(19)10-12(16)8-9-18-17/h3-7,10-11,18-19H,8-9H2,1-2H3/t17-/m0/s1. The zero-order chi connectivity index (χ0) is 14.2. The molecule has 3 heteroatoms. The lowest BCUT2D eigenvalue weighted by atomic mass is 9.78. The molecule has 0 saturated carbocycles. The van der Waals surface area contributed by atoms with Gasteiger partial charge in [0, 0.05) is 6.54 Å². The van der Waals surface area contributed by atoms with E-state index in [9.17, 15) is 5.11 Å². The predicted molar refractivity (Wildman–Crippen MR) is 79.3 cm³/mol. The van der Waals surface area contributed by atoms with Crippen molar-refractivity contribution in [2.24, 2.45) is 0 Å². The van der Waals surface area contributed by atoms with E-state index in [-0.39, 0.29) is 5.54 Å². The molecule has 0 radical (unpaired) electrons. The van der Waals surface area contributed by atoms with Crippen molar-refractivity contribution in [2.75, 3.05) is 13.7 Å². The fraction of sp³-hybridized carbons (Fsp3) is 0.294. The van der Waals surface area contributed by atoms with Gasteiger partial charge in [-0.05, 0) is 54.3 Å². The van der Waals surface area contributed by atoms with Crippen LogP contribution in [0.4, 0.5) is 0 Å². The molecule has 0 aromatic heterocycles. The molecule has 1 heterocycles. The van der Waals surface area contributed by atoms with Crippen LogP contribution in [0.15, 0.2) is 42.5 Å². The number of fused-ring (bicyclic) bond motifs is 1. The van der Waals surface area contributed by atoms with E-state index in [2.05, 4.69) is 24.4 Å². The van der Waals surface area contributed by atoms with Gasteiger partial charge in [-0.2, -0.15) is 0 Å². The summed E-state index contributed by atoms with van der Waals surface area (Å²) >= 11 is 0. The van der Waals surface area contributed by atoms with Crippen LogP contribution in [0.1, 0.15) is 23.6 Å². The summed E-state index contributed by atoms with van der Waals surface area (Å²) in [4.78, 5) is 0. The first-order valence-corrected chi connectivity index (χ1v) is 6.85. The maximum atomic E-state index is 9.67. The maximum absolute atomic E-state index is 9.67. The van der Waals surface area contributed by atoms with Crippen LogP contribution in [-0.4, -0.2) is 18.8 Å². The molecule has 2 aromatic carbocycles. The Morgan fingerprint density at radius 3 is 2.85 bits per heavy atom. The minimum absolute atomic E-state index is 0.254. The topological polar surface area (TPSA) is 41.5 Å². The Balaban J connectivity index is 2.13. The molecule has 1 atom stereocenters. The number of benzene rings is 2. The highest BCUT2D eigenvalue weighted by Gasteiger charge is 2.33. The third kappa shape index (κ3) is 2.04. The van der Waals surface area contributed by atoms with Gasteiger partial charge >= 0.3 is 0 Å². The van der Waals surface area contributed by atoms with E-state index < -0.39 is 0 Å². The van der Waals surface area contributed by atoms with Crippen LogP contribution in [0.25, 0.3) is 0 Å². The van der Waals surface area contributed by atoms with Crippen molar-refractivity contribution < 1.29 is 9.84 Å². The van der Waals surface area contributed by atoms with Crippen LogP contribution in [0, 0.1) is 0 Å². The highest BCUT2D eigenvalue weighted by Crippen LogP contribution is 2.37. The van der Waals surface area contributed by atoms with Gasteiger partial charge in [0.25, 0.3) is 0 Å². The second-order valence-corrected chi connectivity index (χ2v) is 5.38. The molecule has 0 fully saturated rings. The smallest absolute Gasteiger partial charge is 0.119 e. The number of nitrogens with one attached hydrogen (secondary N) is 1. The summed E-state index contributed by atoms with van der Waals surface area (Å²) in [6.45, 7) is 3.07. The van der Waals surface area contributed by atoms with Gasteiger partial charge in [-0.1, -0.05) is 18.2 Å². The number of hydrogen-bond donors (Lipinski definition) is 2. The lowest BCUT2D eigenvalue weighted by Gasteiger charge is -2.38. The van der Waals surface area contributed by atoms with Crippen LogP contribution < -0.4 is 10.1 Å². The molecule has 0 spiro atoms. The Bertz CT molecular complexity index is 639. The molecule has 0 unspecified atom stereocenters. The molecule has 3 rings (SSSR count). The van der Waals surface area contributed by atoms with Crippen molar-refractivity contribution in [3.8, 4) is 11.5 Å². The van der Waals surface area contributed by atoms with Crippen molar-refractivity contribution in [2.45, 2.75) is 18.9 Å². The minimum Gasteiger partial charge on any atom is -0.508 e. The van der Waals surface area contributed by atoms with Gasteiger partial charge in [-0.3, -0.25) is 0 Å². The Morgan fingerprint density at radius 2 is 2.05 bits per heavy atom. The Kier molecular flexibility index (Phi) is 3.14. The normalized spacial score (nSPS) is 21.3. The Morgan fingerprint density at radius 1 is 1.20 bits per heavy atom. The summed E-state index contributed by atoms with van der Waals surface area (Å²) in [5, 5.41) is 13.3. The summed E-state index contributed by atoms with van der Waals surface area (Å²) in [5.74, 6) is 1.19. The highest BCUT2D eigenvalue weighted by atomic mass is 16.5. The predicted octanol–water partition coefficient (Wildman–Crippen LogP) is 2.81. The van der Waals surface area contributed by atoms with Gasteiger partial charge in [0.1, 0.15) is 11.5 Å². The van der Waals surface area contributed by atoms with Crippen molar-refractivity contribution in [1.82, 2.24) is 5.32 Å². The average Bonchev–Trinajstić information content (AvgIpc) is 2.47. The fourth-order valence-electron chi connectivity index (χ4n) is 3.01. The van der Waals surface area contributed by atoms with E-state index in [1.165, 1.54) is 16.7 Å². The largest absolute Gasteiger partial charge is 0.508 e. The van der Waals surface area contributed by atoms with E-state index in [1.54, 1.807) is 13.2 Å². The van der Waals surface area contributed by atoms with E-state index in [4.69, 9.17) is 4.74 Å². The molecule has 2 N–H and O–H groups in total. The first kappa shape index (κ1) is 13.0. The van der Waals surface area contributed by atoms with Gasteiger partial charge in [0.05, 0.1) is 12.6 Å². The van der Waals surface area contributed by atoms with Crippen molar-refractivity contribution in [3.63, 3.8) is 0 Å². The molecule has 104 valence electrons. The summed E-state index contributed by atoms with van der Waals surface area (Å²) < 4.78 is 5.33. The molecule has 0 saturated heterocycles. The average molecular weight is 269 g/mol. The SMILES string of the molecule is COc1cccc([C@]2(C)NCCc3cc(O)ccc32)c1. The van der Waals surface area contributed by atoms with E-state index in [0.29, 0.717) is 5.75 Å². The number of hydrogen-bond acceptors (Lipinski definition) is 3. The van der Waals surface area contributed by atoms with Crippen LogP contribution in [0.5, 0.6) is 11.5 Å². The number of aromatic hydroxyl groups is 1. The van der Waals surface area contributed by atoms with Crippen molar-refractivity contribution in [3.05, 3.63) is 59.2 Å². The first-order valence-electron chi connectivity index (χ1n) is 6.85. The van der Waals surface area contributed by atoms with Gasteiger partial charge in [0.2, 0.25) is 0 Å². The maximum Gasteiger partial charge on any atom is 0.119 e. The lowest BCUT2D eigenvalue weighted by Crippen LogP contribution is -2.45. The molecule has 1 aliphatic heterocycles. The van der Waals surface area contributed by atoms with Crippen molar-refractivity contribution >= 4 is 0 Å². The fourth-order valence-corrected chi connectivity index (χ4v) is 3.01.